The van der Waals surface area contributed by atoms with E-state index in [1.54, 1.807) is 0 Å². The first-order chi connectivity index (χ1) is 6.54. The number of carboxylic acid groups (broad SMARTS) is 1. The fourth-order valence-electron chi connectivity index (χ4n) is 1.10. The Morgan fingerprint density at radius 2 is 2.07 bits per heavy atom. The molecule has 0 saturated heterocycles. The number of halogens is 3. The van der Waals surface area contributed by atoms with Gasteiger partial charge in [-0.05, 0) is 12.1 Å². The molecule has 2 nitrogen and oxygen atoms in total. The molecule has 0 bridgehead atoms. The van der Waals surface area contributed by atoms with Gasteiger partial charge in [0.15, 0.2) is 0 Å². The molecule has 14 heavy (non-hydrogen) atoms. The molecule has 0 amide bonds. The van der Waals surface area contributed by atoms with E-state index in [9.17, 15) is 9.18 Å². The minimum absolute atomic E-state index is 0.111. The van der Waals surface area contributed by atoms with Gasteiger partial charge in [0.1, 0.15) is 5.82 Å². The fraction of sp³-hybridized carbons (Fsp3) is 0.222. The lowest BCUT2D eigenvalue weighted by Crippen LogP contribution is -2.04. The molecule has 0 fully saturated rings. The van der Waals surface area contributed by atoms with Gasteiger partial charge in [0.25, 0.3) is 0 Å². The lowest BCUT2D eigenvalue weighted by Gasteiger charge is -2.05. The van der Waals surface area contributed by atoms with Crippen molar-refractivity contribution < 1.29 is 14.3 Å². The summed E-state index contributed by atoms with van der Waals surface area (Å²) in [6.45, 7) is 0. The Hall–Kier alpha value is -0.610. The Morgan fingerprint density at radius 1 is 1.50 bits per heavy atom. The molecule has 0 aliphatic heterocycles. The number of carbonyl (C=O) groups is 1. The summed E-state index contributed by atoms with van der Waals surface area (Å²) in [5.74, 6) is -1.58. The number of rotatable bonds is 3. The van der Waals surface area contributed by atoms with Crippen molar-refractivity contribution in [1.29, 1.82) is 0 Å². The summed E-state index contributed by atoms with van der Waals surface area (Å²) in [5, 5.41) is 9.18. The average Bonchev–Trinajstić information content (AvgIpc) is 2.09. The van der Waals surface area contributed by atoms with Gasteiger partial charge in [-0.25, -0.2) is 4.39 Å². The van der Waals surface area contributed by atoms with Crippen molar-refractivity contribution in [2.24, 2.45) is 0 Å². The van der Waals surface area contributed by atoms with Crippen molar-refractivity contribution in [3.63, 3.8) is 0 Å². The molecular weight excluding hydrogens is 274 g/mol. The second-order valence-corrected chi connectivity index (χ2v) is 3.74. The molecule has 76 valence electrons. The summed E-state index contributed by atoms with van der Waals surface area (Å²) in [5.41, 5.74) is 0.480. The van der Waals surface area contributed by atoms with Gasteiger partial charge in [0, 0.05) is 21.5 Å². The van der Waals surface area contributed by atoms with Crippen LogP contribution in [0.15, 0.2) is 12.1 Å². The van der Waals surface area contributed by atoms with E-state index >= 15 is 0 Å². The summed E-state index contributed by atoms with van der Waals surface area (Å²) in [6, 6.07) is 2.80. The zero-order chi connectivity index (χ0) is 10.7. The fourth-order valence-corrected chi connectivity index (χ4v) is 1.77. The van der Waals surface area contributed by atoms with E-state index in [4.69, 9.17) is 16.7 Å². The SMILES string of the molecule is O=C(O)Cc1cc(Cl)cc(CBr)c1F. The average molecular weight is 282 g/mol. The molecule has 1 N–H and O–H groups in total. The number of hydrogen-bond donors (Lipinski definition) is 1. The van der Waals surface area contributed by atoms with Gasteiger partial charge in [0.2, 0.25) is 0 Å². The maximum Gasteiger partial charge on any atom is 0.307 e. The van der Waals surface area contributed by atoms with Gasteiger partial charge in [-0.15, -0.1) is 0 Å². The van der Waals surface area contributed by atoms with Crippen LogP contribution in [0.2, 0.25) is 5.02 Å². The number of benzene rings is 1. The minimum atomic E-state index is -1.08. The first-order valence-electron chi connectivity index (χ1n) is 3.79. The van der Waals surface area contributed by atoms with Crippen LogP contribution in [0.4, 0.5) is 4.39 Å². The maximum absolute atomic E-state index is 13.5. The third kappa shape index (κ3) is 2.69. The van der Waals surface area contributed by atoms with Gasteiger partial charge < -0.3 is 5.11 Å². The van der Waals surface area contributed by atoms with Crippen molar-refractivity contribution in [2.75, 3.05) is 0 Å². The van der Waals surface area contributed by atoms with E-state index < -0.39 is 11.8 Å². The van der Waals surface area contributed by atoms with Crippen LogP contribution in [0.3, 0.4) is 0 Å². The summed E-state index contributed by atoms with van der Waals surface area (Å²) in [4.78, 5) is 10.4. The monoisotopic (exact) mass is 280 g/mol. The van der Waals surface area contributed by atoms with Crippen LogP contribution >= 0.6 is 27.5 Å². The largest absolute Gasteiger partial charge is 0.481 e. The van der Waals surface area contributed by atoms with Crippen LogP contribution in [-0.4, -0.2) is 11.1 Å². The molecule has 0 aliphatic carbocycles. The van der Waals surface area contributed by atoms with Crippen molar-refractivity contribution in [1.82, 2.24) is 0 Å². The Morgan fingerprint density at radius 3 is 2.57 bits per heavy atom. The van der Waals surface area contributed by atoms with Crippen LogP contribution < -0.4 is 0 Å². The zero-order valence-corrected chi connectivity index (χ0v) is 9.40. The van der Waals surface area contributed by atoms with Gasteiger partial charge in [-0.3, -0.25) is 4.79 Å². The lowest BCUT2D eigenvalue weighted by molar-refractivity contribution is -0.136. The van der Waals surface area contributed by atoms with E-state index in [1.807, 2.05) is 0 Å². The molecule has 0 heterocycles. The Kier molecular flexibility index (Phi) is 3.89. The number of alkyl halides is 1. The molecule has 0 spiro atoms. The number of hydrogen-bond acceptors (Lipinski definition) is 1. The normalized spacial score (nSPS) is 10.2. The summed E-state index contributed by atoms with van der Waals surface area (Å²) in [7, 11) is 0. The predicted molar refractivity (Wildman–Crippen MR) is 55.4 cm³/mol. The van der Waals surface area contributed by atoms with Gasteiger partial charge in [-0.2, -0.15) is 0 Å². The summed E-state index contributed by atoms with van der Waals surface area (Å²) < 4.78 is 13.5. The van der Waals surface area contributed by atoms with Crippen molar-refractivity contribution in [3.8, 4) is 0 Å². The first kappa shape index (κ1) is 11.5. The topological polar surface area (TPSA) is 37.3 Å². The third-order valence-electron chi connectivity index (χ3n) is 1.67. The van der Waals surface area contributed by atoms with E-state index in [0.717, 1.165) is 0 Å². The highest BCUT2D eigenvalue weighted by atomic mass is 79.9. The van der Waals surface area contributed by atoms with Crippen LogP contribution in [0.25, 0.3) is 0 Å². The molecule has 0 saturated carbocycles. The molecule has 0 atom stereocenters. The second kappa shape index (κ2) is 4.75. The van der Waals surface area contributed by atoms with Crippen LogP contribution in [-0.2, 0) is 16.5 Å². The Bertz CT molecular complexity index is 368. The zero-order valence-electron chi connectivity index (χ0n) is 7.06. The van der Waals surface area contributed by atoms with E-state index in [0.29, 0.717) is 15.9 Å². The molecule has 0 radical (unpaired) electrons. The summed E-state index contributed by atoms with van der Waals surface area (Å²) >= 11 is 8.80. The third-order valence-corrected chi connectivity index (χ3v) is 2.50. The number of aliphatic carboxylic acids is 1. The van der Waals surface area contributed by atoms with Crippen molar-refractivity contribution in [3.05, 3.63) is 34.1 Å². The van der Waals surface area contributed by atoms with Crippen LogP contribution in [0.1, 0.15) is 11.1 Å². The highest BCUT2D eigenvalue weighted by Crippen LogP contribution is 2.22. The van der Waals surface area contributed by atoms with Crippen molar-refractivity contribution >= 4 is 33.5 Å². The van der Waals surface area contributed by atoms with E-state index in [-0.39, 0.29) is 12.0 Å². The van der Waals surface area contributed by atoms with Crippen LogP contribution in [0.5, 0.6) is 0 Å². The highest BCUT2D eigenvalue weighted by molar-refractivity contribution is 9.08. The smallest absolute Gasteiger partial charge is 0.307 e. The quantitative estimate of drug-likeness (QED) is 0.865. The van der Waals surface area contributed by atoms with Gasteiger partial charge >= 0.3 is 5.97 Å². The molecule has 1 aromatic carbocycles. The maximum atomic E-state index is 13.5. The lowest BCUT2D eigenvalue weighted by atomic mass is 10.1. The van der Waals surface area contributed by atoms with Crippen molar-refractivity contribution in [2.45, 2.75) is 11.8 Å². The highest BCUT2D eigenvalue weighted by Gasteiger charge is 2.12. The Labute approximate surface area is 93.8 Å². The van der Waals surface area contributed by atoms with Gasteiger partial charge in [-0.1, -0.05) is 27.5 Å². The molecule has 1 rings (SSSR count). The molecule has 5 heteroatoms. The van der Waals surface area contributed by atoms with Crippen LogP contribution in [0, 0.1) is 5.82 Å². The molecule has 0 aromatic heterocycles. The standard InChI is InChI=1S/C9H7BrClFO2/c10-4-6-2-7(11)1-5(9(6)12)3-8(13)14/h1-2H,3-4H2,(H,13,14). The second-order valence-electron chi connectivity index (χ2n) is 2.74. The van der Waals surface area contributed by atoms with E-state index in [2.05, 4.69) is 15.9 Å². The molecular formula is C9H7BrClFO2. The summed E-state index contributed by atoms with van der Waals surface area (Å²) in [6.07, 6.45) is -0.355. The molecule has 0 unspecified atom stereocenters. The number of carboxylic acids is 1. The minimum Gasteiger partial charge on any atom is -0.481 e. The predicted octanol–water partition coefficient (Wildman–Crippen LogP) is 3.00. The first-order valence-corrected chi connectivity index (χ1v) is 5.29. The molecule has 1 aromatic rings. The van der Waals surface area contributed by atoms with E-state index in [1.165, 1.54) is 12.1 Å². The molecule has 0 aliphatic rings. The van der Waals surface area contributed by atoms with Gasteiger partial charge in [0.05, 0.1) is 6.42 Å². The Balaban J connectivity index is 3.15.